The van der Waals surface area contributed by atoms with E-state index in [0.717, 1.165) is 18.8 Å². The first-order chi connectivity index (χ1) is 7.49. The summed E-state index contributed by atoms with van der Waals surface area (Å²) in [6.07, 6.45) is 0. The Labute approximate surface area is 102 Å². The van der Waals surface area contributed by atoms with E-state index >= 15 is 0 Å². The summed E-state index contributed by atoms with van der Waals surface area (Å²) in [6.45, 7) is 8.85. The number of rotatable bonds is 1. The van der Waals surface area contributed by atoms with Gasteiger partial charge < -0.3 is 10.6 Å². The monoisotopic (exact) mass is 236 g/mol. The van der Waals surface area contributed by atoms with E-state index < -0.39 is 0 Å². The topological polar surface area (TPSA) is 29.3 Å². The summed E-state index contributed by atoms with van der Waals surface area (Å²) in [7, 11) is 0. The van der Waals surface area contributed by atoms with E-state index in [9.17, 15) is 0 Å². The molecule has 0 saturated carbocycles. The Kier molecular flexibility index (Phi) is 3.06. The maximum Gasteiger partial charge on any atom is 0.0603 e. The first kappa shape index (κ1) is 11.6. The van der Waals surface area contributed by atoms with Crippen molar-refractivity contribution in [3.05, 3.63) is 23.8 Å². The van der Waals surface area contributed by atoms with Crippen LogP contribution in [0, 0.1) is 6.92 Å². The summed E-state index contributed by atoms with van der Waals surface area (Å²) < 4.78 is 0.328. The van der Waals surface area contributed by atoms with E-state index in [-0.39, 0.29) is 0 Å². The third-order valence-corrected chi connectivity index (χ3v) is 4.36. The number of nitrogens with two attached hydrogens (primary N) is 1. The largest absolute Gasteiger partial charge is 0.397 e. The lowest BCUT2D eigenvalue weighted by molar-refractivity contribution is 0.648. The summed E-state index contributed by atoms with van der Waals surface area (Å²) in [5.41, 5.74) is 9.47. The van der Waals surface area contributed by atoms with Crippen molar-refractivity contribution in [1.29, 1.82) is 0 Å². The minimum atomic E-state index is 0.328. The summed E-state index contributed by atoms with van der Waals surface area (Å²) in [5.74, 6) is 1.18. The molecule has 2 N–H and O–H groups in total. The van der Waals surface area contributed by atoms with Crippen LogP contribution in [0.5, 0.6) is 0 Å². The molecular weight excluding hydrogens is 216 g/mol. The van der Waals surface area contributed by atoms with Gasteiger partial charge in [-0.2, -0.15) is 11.8 Å². The molecule has 1 aromatic carbocycles. The molecule has 0 unspecified atom stereocenters. The van der Waals surface area contributed by atoms with Crippen LogP contribution in [-0.2, 0) is 0 Å². The van der Waals surface area contributed by atoms with E-state index in [4.69, 9.17) is 5.73 Å². The number of hydrogen-bond donors (Lipinski definition) is 1. The molecule has 3 heteroatoms. The van der Waals surface area contributed by atoms with Crippen LogP contribution < -0.4 is 10.6 Å². The summed E-state index contributed by atoms with van der Waals surface area (Å²) in [5, 5.41) is 0. The smallest absolute Gasteiger partial charge is 0.0603 e. The fourth-order valence-corrected chi connectivity index (χ4v) is 3.27. The lowest BCUT2D eigenvalue weighted by atomic mass is 10.1. The van der Waals surface area contributed by atoms with E-state index in [0.29, 0.717) is 4.75 Å². The third-order valence-electron chi connectivity index (χ3n) is 3.07. The number of para-hydroxylation sites is 1. The van der Waals surface area contributed by atoms with Gasteiger partial charge in [0.25, 0.3) is 0 Å². The molecule has 0 spiro atoms. The maximum atomic E-state index is 6.15. The van der Waals surface area contributed by atoms with Crippen LogP contribution in [0.15, 0.2) is 18.2 Å². The minimum absolute atomic E-state index is 0.328. The van der Waals surface area contributed by atoms with Gasteiger partial charge in [-0.15, -0.1) is 0 Å². The molecule has 2 rings (SSSR count). The Morgan fingerprint density at radius 1 is 1.38 bits per heavy atom. The van der Waals surface area contributed by atoms with Crippen molar-refractivity contribution in [3.8, 4) is 0 Å². The zero-order valence-corrected chi connectivity index (χ0v) is 11.1. The summed E-state index contributed by atoms with van der Waals surface area (Å²) in [4.78, 5) is 2.42. The van der Waals surface area contributed by atoms with Crippen molar-refractivity contribution in [2.75, 3.05) is 29.5 Å². The molecule has 1 fully saturated rings. The highest BCUT2D eigenvalue weighted by Gasteiger charge is 2.27. The highest BCUT2D eigenvalue weighted by molar-refractivity contribution is 8.00. The van der Waals surface area contributed by atoms with Crippen LogP contribution in [-0.4, -0.2) is 23.6 Å². The van der Waals surface area contributed by atoms with E-state index in [1.54, 1.807) is 0 Å². The fourth-order valence-electron chi connectivity index (χ4n) is 2.16. The summed E-state index contributed by atoms with van der Waals surface area (Å²) in [6, 6.07) is 6.30. The number of anilines is 2. The van der Waals surface area contributed by atoms with Gasteiger partial charge in [-0.05, 0) is 32.4 Å². The number of thioether (sulfide) groups is 1. The Morgan fingerprint density at radius 3 is 2.81 bits per heavy atom. The zero-order valence-electron chi connectivity index (χ0n) is 10.3. The quantitative estimate of drug-likeness (QED) is 0.760. The first-order valence-corrected chi connectivity index (χ1v) is 6.72. The number of aryl methyl sites for hydroxylation is 1. The molecule has 0 bridgehead atoms. The second-order valence-electron chi connectivity index (χ2n) is 5.04. The Hall–Kier alpha value is -0.830. The Balaban J connectivity index is 2.27. The Morgan fingerprint density at radius 2 is 2.12 bits per heavy atom. The molecule has 2 nitrogen and oxygen atoms in total. The second-order valence-corrected chi connectivity index (χ2v) is 6.84. The molecule has 1 aliphatic rings. The standard InChI is InChI=1S/C13H20N2S/c1-10-5-4-6-11(12(10)14)15-7-8-16-13(2,3)9-15/h4-6H,7-9,14H2,1-3H3. The Bertz CT molecular complexity index is 388. The van der Waals surface area contributed by atoms with Crippen molar-refractivity contribution >= 4 is 23.1 Å². The number of hydrogen-bond acceptors (Lipinski definition) is 3. The summed E-state index contributed by atoms with van der Waals surface area (Å²) >= 11 is 2.05. The lowest BCUT2D eigenvalue weighted by Crippen LogP contribution is -2.43. The molecule has 16 heavy (non-hydrogen) atoms. The van der Waals surface area contributed by atoms with E-state index in [1.165, 1.54) is 17.0 Å². The predicted octanol–water partition coefficient (Wildman–Crippen LogP) is 2.91. The molecular formula is C13H20N2S. The molecule has 0 atom stereocenters. The maximum absolute atomic E-state index is 6.15. The molecule has 1 saturated heterocycles. The molecule has 0 aromatic heterocycles. The minimum Gasteiger partial charge on any atom is -0.397 e. The normalized spacial score (nSPS) is 19.8. The van der Waals surface area contributed by atoms with E-state index in [2.05, 4.69) is 43.9 Å². The number of nitrogen functional groups attached to an aromatic ring is 1. The van der Waals surface area contributed by atoms with Crippen LogP contribution in [0.1, 0.15) is 19.4 Å². The van der Waals surface area contributed by atoms with Gasteiger partial charge in [0.1, 0.15) is 0 Å². The van der Waals surface area contributed by atoms with Crippen LogP contribution in [0.3, 0.4) is 0 Å². The van der Waals surface area contributed by atoms with Crippen molar-refractivity contribution in [1.82, 2.24) is 0 Å². The van der Waals surface area contributed by atoms with E-state index in [1.807, 2.05) is 11.8 Å². The molecule has 0 aliphatic carbocycles. The second kappa shape index (κ2) is 4.21. The first-order valence-electron chi connectivity index (χ1n) is 5.74. The van der Waals surface area contributed by atoms with Gasteiger partial charge in [0.05, 0.1) is 11.4 Å². The van der Waals surface area contributed by atoms with Gasteiger partial charge in [0.15, 0.2) is 0 Å². The highest BCUT2D eigenvalue weighted by Crippen LogP contribution is 2.35. The molecule has 88 valence electrons. The van der Waals surface area contributed by atoms with Crippen molar-refractivity contribution in [3.63, 3.8) is 0 Å². The predicted molar refractivity (Wildman–Crippen MR) is 74.3 cm³/mol. The van der Waals surface area contributed by atoms with Crippen LogP contribution in [0.2, 0.25) is 0 Å². The number of benzene rings is 1. The highest BCUT2D eigenvalue weighted by atomic mass is 32.2. The van der Waals surface area contributed by atoms with Crippen LogP contribution >= 0.6 is 11.8 Å². The van der Waals surface area contributed by atoms with Gasteiger partial charge in [-0.25, -0.2) is 0 Å². The van der Waals surface area contributed by atoms with Crippen molar-refractivity contribution in [2.45, 2.75) is 25.5 Å². The molecule has 1 heterocycles. The van der Waals surface area contributed by atoms with Gasteiger partial charge in [-0.3, -0.25) is 0 Å². The zero-order chi connectivity index (χ0) is 11.8. The lowest BCUT2D eigenvalue weighted by Gasteiger charge is -2.39. The molecule has 0 amide bonds. The van der Waals surface area contributed by atoms with Crippen molar-refractivity contribution < 1.29 is 0 Å². The van der Waals surface area contributed by atoms with Gasteiger partial charge in [0, 0.05) is 23.6 Å². The van der Waals surface area contributed by atoms with Gasteiger partial charge in [-0.1, -0.05) is 12.1 Å². The molecule has 1 aliphatic heterocycles. The average Bonchev–Trinajstić information content (AvgIpc) is 2.20. The van der Waals surface area contributed by atoms with Crippen LogP contribution in [0.4, 0.5) is 11.4 Å². The van der Waals surface area contributed by atoms with Gasteiger partial charge in [0.2, 0.25) is 0 Å². The SMILES string of the molecule is Cc1cccc(N2CCSC(C)(C)C2)c1N. The molecule has 0 radical (unpaired) electrons. The third kappa shape index (κ3) is 2.29. The van der Waals surface area contributed by atoms with Gasteiger partial charge >= 0.3 is 0 Å². The number of nitrogens with zero attached hydrogens (tertiary/aromatic N) is 1. The van der Waals surface area contributed by atoms with Crippen molar-refractivity contribution in [2.24, 2.45) is 0 Å². The molecule has 1 aromatic rings. The average molecular weight is 236 g/mol. The fraction of sp³-hybridized carbons (Fsp3) is 0.538. The van der Waals surface area contributed by atoms with Crippen LogP contribution in [0.25, 0.3) is 0 Å².